The molecule has 2 N–H and O–H groups in total. The number of benzene rings is 1. The second-order valence-electron chi connectivity index (χ2n) is 5.59. The second-order valence-corrected chi connectivity index (χ2v) is 6.45. The summed E-state index contributed by atoms with van der Waals surface area (Å²) < 4.78 is 1.12. The van der Waals surface area contributed by atoms with Gasteiger partial charge in [-0.15, -0.1) is 0 Å². The molecule has 3 nitrogen and oxygen atoms in total. The average molecular weight is 313 g/mol. The highest BCUT2D eigenvalue weighted by atomic mass is 79.9. The van der Waals surface area contributed by atoms with Crippen LogP contribution >= 0.6 is 15.9 Å². The molecule has 0 amide bonds. The number of nitrogens with zero attached hydrogens (tertiary/aromatic N) is 1. The van der Waals surface area contributed by atoms with Crippen LogP contribution in [0.5, 0.6) is 0 Å². The van der Waals surface area contributed by atoms with Crippen molar-refractivity contribution < 1.29 is 5.11 Å². The topological polar surface area (TPSA) is 35.5 Å². The van der Waals surface area contributed by atoms with Crippen molar-refractivity contribution in [1.29, 1.82) is 0 Å². The Kier molecular flexibility index (Phi) is 3.99. The number of nitrogens with one attached hydrogen (secondary N) is 1. The molecule has 18 heavy (non-hydrogen) atoms. The molecule has 4 heteroatoms. The SMILES string of the molecule is Cc1cc(N2CC(C)NCC(C)(O)C2)ccc1Br. The van der Waals surface area contributed by atoms with Crippen molar-refractivity contribution in [3.63, 3.8) is 0 Å². The lowest BCUT2D eigenvalue weighted by Crippen LogP contribution is -2.43. The fraction of sp³-hybridized carbons (Fsp3) is 0.571. The van der Waals surface area contributed by atoms with E-state index >= 15 is 0 Å². The number of halogens is 1. The van der Waals surface area contributed by atoms with Gasteiger partial charge >= 0.3 is 0 Å². The molecule has 0 radical (unpaired) electrons. The van der Waals surface area contributed by atoms with Gasteiger partial charge in [-0.2, -0.15) is 0 Å². The van der Waals surface area contributed by atoms with Crippen LogP contribution in [0, 0.1) is 6.92 Å². The Morgan fingerprint density at radius 1 is 1.50 bits per heavy atom. The minimum atomic E-state index is -0.689. The number of β-amino-alcohol motifs (C(OH)–C–C–N with tert-alkyl or cyclic N) is 1. The maximum absolute atomic E-state index is 10.3. The maximum Gasteiger partial charge on any atom is 0.0917 e. The number of rotatable bonds is 1. The monoisotopic (exact) mass is 312 g/mol. The summed E-state index contributed by atoms with van der Waals surface area (Å²) in [5.74, 6) is 0. The summed E-state index contributed by atoms with van der Waals surface area (Å²) in [5, 5.41) is 13.7. The molecule has 0 spiro atoms. The van der Waals surface area contributed by atoms with E-state index in [0.29, 0.717) is 19.1 Å². The van der Waals surface area contributed by atoms with E-state index < -0.39 is 5.60 Å². The Morgan fingerprint density at radius 3 is 2.89 bits per heavy atom. The van der Waals surface area contributed by atoms with E-state index in [1.165, 1.54) is 11.3 Å². The highest BCUT2D eigenvalue weighted by Gasteiger charge is 2.29. The Labute approximate surface area is 117 Å². The normalized spacial score (nSPS) is 29.2. The van der Waals surface area contributed by atoms with Crippen LogP contribution in [0.15, 0.2) is 22.7 Å². The van der Waals surface area contributed by atoms with Crippen LogP contribution < -0.4 is 10.2 Å². The molecule has 0 bridgehead atoms. The first-order valence-corrected chi connectivity index (χ1v) is 7.13. The molecular weight excluding hydrogens is 292 g/mol. The Bertz CT molecular complexity index is 434. The molecule has 1 fully saturated rings. The van der Waals surface area contributed by atoms with Gasteiger partial charge in [0.1, 0.15) is 0 Å². The van der Waals surface area contributed by atoms with E-state index in [2.05, 4.69) is 58.2 Å². The van der Waals surface area contributed by atoms with Crippen LogP contribution in [0.3, 0.4) is 0 Å². The van der Waals surface area contributed by atoms with E-state index in [4.69, 9.17) is 0 Å². The molecule has 1 aliphatic rings. The summed E-state index contributed by atoms with van der Waals surface area (Å²) in [6.07, 6.45) is 0. The van der Waals surface area contributed by atoms with Crippen molar-refractivity contribution in [2.24, 2.45) is 0 Å². The first-order chi connectivity index (χ1) is 8.37. The lowest BCUT2D eigenvalue weighted by atomic mass is 10.1. The predicted molar refractivity (Wildman–Crippen MR) is 79.2 cm³/mol. The first kappa shape index (κ1) is 13.8. The van der Waals surface area contributed by atoms with Gasteiger partial charge < -0.3 is 15.3 Å². The Hall–Kier alpha value is -0.580. The molecule has 0 aliphatic carbocycles. The minimum absolute atomic E-state index is 0.378. The maximum atomic E-state index is 10.3. The number of aliphatic hydroxyl groups is 1. The van der Waals surface area contributed by atoms with Crippen molar-refractivity contribution >= 4 is 21.6 Å². The molecule has 1 aliphatic heterocycles. The van der Waals surface area contributed by atoms with E-state index in [1.807, 2.05) is 6.92 Å². The fourth-order valence-corrected chi connectivity index (χ4v) is 2.59. The standard InChI is InChI=1S/C14H21BrN2O/c1-10-6-12(4-5-13(10)15)17-7-11(2)16-8-14(3,18)9-17/h4-6,11,16,18H,7-9H2,1-3H3. The number of aryl methyl sites for hydroxylation is 1. The largest absolute Gasteiger partial charge is 0.387 e. The minimum Gasteiger partial charge on any atom is -0.387 e. The van der Waals surface area contributed by atoms with Crippen LogP contribution in [0.4, 0.5) is 5.69 Å². The third-order valence-electron chi connectivity index (χ3n) is 3.36. The molecule has 0 saturated carbocycles. The Morgan fingerprint density at radius 2 is 2.22 bits per heavy atom. The number of hydrogen-bond donors (Lipinski definition) is 2. The third-order valence-corrected chi connectivity index (χ3v) is 4.25. The van der Waals surface area contributed by atoms with Gasteiger partial charge in [0.2, 0.25) is 0 Å². The van der Waals surface area contributed by atoms with Gasteiger partial charge in [0, 0.05) is 35.8 Å². The lowest BCUT2D eigenvalue weighted by Gasteiger charge is -2.30. The first-order valence-electron chi connectivity index (χ1n) is 6.34. The van der Waals surface area contributed by atoms with Crippen LogP contribution in [0.2, 0.25) is 0 Å². The van der Waals surface area contributed by atoms with Crippen LogP contribution in [-0.4, -0.2) is 36.4 Å². The molecule has 1 aromatic rings. The smallest absolute Gasteiger partial charge is 0.0917 e. The number of anilines is 1. The second kappa shape index (κ2) is 5.19. The highest BCUT2D eigenvalue weighted by molar-refractivity contribution is 9.10. The average Bonchev–Trinajstić information content (AvgIpc) is 2.42. The number of hydrogen-bond acceptors (Lipinski definition) is 3. The molecule has 1 aromatic carbocycles. The zero-order valence-electron chi connectivity index (χ0n) is 11.2. The van der Waals surface area contributed by atoms with Gasteiger partial charge in [-0.1, -0.05) is 15.9 Å². The summed E-state index contributed by atoms with van der Waals surface area (Å²) >= 11 is 3.52. The summed E-state index contributed by atoms with van der Waals surface area (Å²) in [5.41, 5.74) is 1.70. The molecule has 1 heterocycles. The van der Waals surface area contributed by atoms with E-state index in [1.54, 1.807) is 0 Å². The summed E-state index contributed by atoms with van der Waals surface area (Å²) in [4.78, 5) is 2.25. The zero-order chi connectivity index (χ0) is 13.3. The predicted octanol–water partition coefficient (Wildman–Crippen LogP) is 2.31. The molecule has 2 rings (SSSR count). The molecule has 1 saturated heterocycles. The summed E-state index contributed by atoms with van der Waals surface area (Å²) in [6, 6.07) is 6.72. The van der Waals surface area contributed by atoms with Crippen molar-refractivity contribution in [1.82, 2.24) is 5.32 Å². The zero-order valence-corrected chi connectivity index (χ0v) is 12.8. The van der Waals surface area contributed by atoms with Crippen molar-refractivity contribution in [2.75, 3.05) is 24.5 Å². The van der Waals surface area contributed by atoms with Crippen molar-refractivity contribution in [2.45, 2.75) is 32.4 Å². The van der Waals surface area contributed by atoms with Crippen LogP contribution in [-0.2, 0) is 0 Å². The quantitative estimate of drug-likeness (QED) is 0.835. The highest BCUT2D eigenvalue weighted by Crippen LogP contribution is 2.25. The van der Waals surface area contributed by atoms with E-state index in [0.717, 1.165) is 11.0 Å². The van der Waals surface area contributed by atoms with Crippen molar-refractivity contribution in [3.8, 4) is 0 Å². The van der Waals surface area contributed by atoms with Gasteiger partial charge in [0.15, 0.2) is 0 Å². The van der Waals surface area contributed by atoms with Gasteiger partial charge in [-0.25, -0.2) is 0 Å². The van der Waals surface area contributed by atoms with Crippen LogP contribution in [0.1, 0.15) is 19.4 Å². The van der Waals surface area contributed by atoms with Gasteiger partial charge in [0.05, 0.1) is 5.60 Å². The molecule has 100 valence electrons. The lowest BCUT2D eigenvalue weighted by molar-refractivity contribution is 0.0718. The van der Waals surface area contributed by atoms with Gasteiger partial charge in [0.25, 0.3) is 0 Å². The molecule has 2 atom stereocenters. The van der Waals surface area contributed by atoms with Gasteiger partial charge in [-0.3, -0.25) is 0 Å². The summed E-state index contributed by atoms with van der Waals surface area (Å²) in [7, 11) is 0. The molecule has 0 aromatic heterocycles. The molecular formula is C14H21BrN2O. The third kappa shape index (κ3) is 3.25. The Balaban J connectivity index is 2.26. The fourth-order valence-electron chi connectivity index (χ4n) is 2.34. The van der Waals surface area contributed by atoms with Gasteiger partial charge in [-0.05, 0) is 44.5 Å². The van der Waals surface area contributed by atoms with Crippen LogP contribution in [0.25, 0.3) is 0 Å². The molecule has 2 unspecified atom stereocenters. The summed E-state index contributed by atoms with van der Waals surface area (Å²) in [6.45, 7) is 8.34. The van der Waals surface area contributed by atoms with E-state index in [9.17, 15) is 5.11 Å². The van der Waals surface area contributed by atoms with E-state index in [-0.39, 0.29) is 0 Å². The van der Waals surface area contributed by atoms with Crippen molar-refractivity contribution in [3.05, 3.63) is 28.2 Å².